The topological polar surface area (TPSA) is 89.7 Å². The Labute approximate surface area is 174 Å². The normalized spacial score (nSPS) is 19.5. The van der Waals surface area contributed by atoms with E-state index in [9.17, 15) is 4.79 Å². The van der Waals surface area contributed by atoms with Crippen LogP contribution in [0.4, 0.5) is 5.82 Å². The first-order chi connectivity index (χ1) is 14.2. The number of furan rings is 1. The fourth-order valence-electron chi connectivity index (χ4n) is 3.36. The van der Waals surface area contributed by atoms with Gasteiger partial charge in [-0.15, -0.1) is 0 Å². The minimum Gasteiger partial charge on any atom is -0.455 e. The highest BCUT2D eigenvalue weighted by molar-refractivity contribution is 7.98. The first-order valence-corrected chi connectivity index (χ1v) is 11.0. The van der Waals surface area contributed by atoms with Gasteiger partial charge < -0.3 is 24.1 Å². The molecule has 0 radical (unpaired) electrons. The van der Waals surface area contributed by atoms with Crippen molar-refractivity contribution in [1.29, 1.82) is 0 Å². The molecular formula is C20H26N4O4S. The van der Waals surface area contributed by atoms with E-state index < -0.39 is 0 Å². The van der Waals surface area contributed by atoms with Crippen molar-refractivity contribution in [3.8, 4) is 0 Å². The van der Waals surface area contributed by atoms with E-state index in [0.717, 1.165) is 63.0 Å². The van der Waals surface area contributed by atoms with Gasteiger partial charge in [-0.2, -0.15) is 0 Å². The number of carbonyl (C=O) groups is 1. The van der Waals surface area contributed by atoms with Gasteiger partial charge in [0.05, 0.1) is 25.1 Å². The highest BCUT2D eigenvalue weighted by Crippen LogP contribution is 2.24. The van der Waals surface area contributed by atoms with Crippen LogP contribution in [0.15, 0.2) is 27.8 Å². The van der Waals surface area contributed by atoms with Crippen molar-refractivity contribution < 1.29 is 18.7 Å². The summed E-state index contributed by atoms with van der Waals surface area (Å²) in [4.78, 5) is 23.7. The number of carbonyl (C=O) groups excluding carboxylic acids is 1. The lowest BCUT2D eigenvalue weighted by atomic mass is 10.2. The number of ether oxygens (including phenoxy) is 2. The number of thioether (sulfide) groups is 1. The molecule has 8 nitrogen and oxygen atoms in total. The Bertz CT molecular complexity index is 832. The predicted octanol–water partition coefficient (Wildman–Crippen LogP) is 2.42. The Kier molecular flexibility index (Phi) is 6.68. The van der Waals surface area contributed by atoms with Gasteiger partial charge >= 0.3 is 0 Å². The fourth-order valence-corrected chi connectivity index (χ4v) is 4.15. The average Bonchev–Trinajstić information content (AvgIpc) is 3.43. The Hall–Kier alpha value is -2.10. The molecule has 1 amide bonds. The molecule has 0 spiro atoms. The molecule has 2 aliphatic heterocycles. The molecule has 1 atom stereocenters. The van der Waals surface area contributed by atoms with E-state index in [-0.39, 0.29) is 12.0 Å². The van der Waals surface area contributed by atoms with Crippen LogP contribution in [0.25, 0.3) is 0 Å². The van der Waals surface area contributed by atoms with Gasteiger partial charge in [0.1, 0.15) is 11.6 Å². The smallest absolute Gasteiger partial charge is 0.287 e. The number of aromatic nitrogens is 2. The molecule has 2 aliphatic rings. The number of morpholine rings is 1. The summed E-state index contributed by atoms with van der Waals surface area (Å²) in [6.07, 6.45) is 2.16. The highest BCUT2D eigenvalue weighted by Gasteiger charge is 2.19. The number of nitrogens with zero attached hydrogens (tertiary/aromatic N) is 3. The third-order valence-electron chi connectivity index (χ3n) is 4.90. The highest BCUT2D eigenvalue weighted by atomic mass is 32.2. The summed E-state index contributed by atoms with van der Waals surface area (Å²) in [7, 11) is 0. The van der Waals surface area contributed by atoms with E-state index in [0.29, 0.717) is 23.2 Å². The largest absolute Gasteiger partial charge is 0.455 e. The lowest BCUT2D eigenvalue weighted by Gasteiger charge is -2.28. The lowest BCUT2D eigenvalue weighted by Crippen LogP contribution is -2.36. The molecule has 9 heteroatoms. The van der Waals surface area contributed by atoms with E-state index in [1.165, 1.54) is 11.8 Å². The molecule has 2 aromatic rings. The summed E-state index contributed by atoms with van der Waals surface area (Å²) in [6, 6.07) is 5.53. The Balaban J connectivity index is 1.32. The van der Waals surface area contributed by atoms with E-state index >= 15 is 0 Å². The van der Waals surface area contributed by atoms with Crippen LogP contribution < -0.4 is 10.2 Å². The van der Waals surface area contributed by atoms with Crippen LogP contribution in [0.1, 0.15) is 34.9 Å². The molecule has 2 fully saturated rings. The molecule has 0 saturated carbocycles. The van der Waals surface area contributed by atoms with E-state index in [4.69, 9.17) is 13.9 Å². The van der Waals surface area contributed by atoms with Gasteiger partial charge in [0.15, 0.2) is 10.9 Å². The second-order valence-electron chi connectivity index (χ2n) is 7.15. The zero-order valence-electron chi connectivity index (χ0n) is 16.6. The minimum atomic E-state index is -0.210. The SMILES string of the molecule is Cc1cc(N2CCOCC2)nc(SCc2ccc(C(=O)NC[C@@H]3CCCO3)o2)n1. The van der Waals surface area contributed by atoms with Gasteiger partial charge in [-0.1, -0.05) is 11.8 Å². The number of rotatable bonds is 7. The van der Waals surface area contributed by atoms with Crippen molar-refractivity contribution in [2.45, 2.75) is 36.8 Å². The number of hydrogen-bond donors (Lipinski definition) is 1. The van der Waals surface area contributed by atoms with Crippen LogP contribution in [-0.2, 0) is 15.2 Å². The van der Waals surface area contributed by atoms with Gasteiger partial charge in [0, 0.05) is 38.0 Å². The van der Waals surface area contributed by atoms with Gasteiger partial charge in [-0.25, -0.2) is 9.97 Å². The average molecular weight is 419 g/mol. The van der Waals surface area contributed by atoms with E-state index in [2.05, 4.69) is 20.2 Å². The predicted molar refractivity (Wildman–Crippen MR) is 109 cm³/mol. The van der Waals surface area contributed by atoms with Crippen LogP contribution in [0.2, 0.25) is 0 Å². The summed E-state index contributed by atoms with van der Waals surface area (Å²) in [6.45, 7) is 6.37. The van der Waals surface area contributed by atoms with Gasteiger partial charge in [-0.3, -0.25) is 4.79 Å². The number of amides is 1. The zero-order chi connectivity index (χ0) is 20.1. The maximum absolute atomic E-state index is 12.2. The van der Waals surface area contributed by atoms with Crippen LogP contribution in [0.3, 0.4) is 0 Å². The third-order valence-corrected chi connectivity index (χ3v) is 5.77. The second-order valence-corrected chi connectivity index (χ2v) is 8.09. The summed E-state index contributed by atoms with van der Waals surface area (Å²) in [5, 5.41) is 3.58. The minimum absolute atomic E-state index is 0.114. The van der Waals surface area contributed by atoms with Crippen molar-refractivity contribution in [3.63, 3.8) is 0 Å². The third kappa shape index (κ3) is 5.49. The van der Waals surface area contributed by atoms with Crippen molar-refractivity contribution in [3.05, 3.63) is 35.4 Å². The summed E-state index contributed by atoms with van der Waals surface area (Å²) in [5.41, 5.74) is 0.928. The van der Waals surface area contributed by atoms with Crippen molar-refractivity contribution in [1.82, 2.24) is 15.3 Å². The monoisotopic (exact) mass is 418 g/mol. The Morgan fingerprint density at radius 1 is 1.28 bits per heavy atom. The molecule has 2 saturated heterocycles. The number of nitrogens with one attached hydrogen (secondary N) is 1. The van der Waals surface area contributed by atoms with Gasteiger partial charge in [-0.05, 0) is 31.9 Å². The lowest BCUT2D eigenvalue weighted by molar-refractivity contribution is 0.0834. The molecule has 0 unspecified atom stereocenters. The van der Waals surface area contributed by atoms with Crippen LogP contribution in [0.5, 0.6) is 0 Å². The second kappa shape index (κ2) is 9.60. The van der Waals surface area contributed by atoms with E-state index in [1.807, 2.05) is 19.1 Å². The van der Waals surface area contributed by atoms with Crippen molar-refractivity contribution >= 4 is 23.5 Å². The van der Waals surface area contributed by atoms with Gasteiger partial charge in [0.25, 0.3) is 5.91 Å². The molecule has 2 aromatic heterocycles. The van der Waals surface area contributed by atoms with Crippen LogP contribution in [0, 0.1) is 6.92 Å². The van der Waals surface area contributed by atoms with Crippen LogP contribution in [-0.4, -0.2) is 61.4 Å². The number of aryl methyl sites for hydroxylation is 1. The molecular weight excluding hydrogens is 392 g/mol. The summed E-state index contributed by atoms with van der Waals surface area (Å²) >= 11 is 1.50. The summed E-state index contributed by atoms with van der Waals surface area (Å²) in [5.74, 6) is 2.31. The quantitative estimate of drug-likeness (QED) is 0.542. The molecule has 4 rings (SSSR count). The van der Waals surface area contributed by atoms with Crippen molar-refractivity contribution in [2.24, 2.45) is 0 Å². The zero-order valence-corrected chi connectivity index (χ0v) is 17.4. The molecule has 0 aromatic carbocycles. The van der Waals surface area contributed by atoms with Crippen molar-refractivity contribution in [2.75, 3.05) is 44.4 Å². The molecule has 156 valence electrons. The Morgan fingerprint density at radius 2 is 2.14 bits per heavy atom. The molecule has 29 heavy (non-hydrogen) atoms. The summed E-state index contributed by atoms with van der Waals surface area (Å²) < 4.78 is 16.6. The van der Waals surface area contributed by atoms with Gasteiger partial charge in [0.2, 0.25) is 0 Å². The molecule has 4 heterocycles. The molecule has 1 N–H and O–H groups in total. The maximum Gasteiger partial charge on any atom is 0.287 e. The maximum atomic E-state index is 12.2. The molecule has 0 aliphatic carbocycles. The van der Waals surface area contributed by atoms with Crippen LogP contribution >= 0.6 is 11.8 Å². The number of hydrogen-bond acceptors (Lipinski definition) is 8. The molecule has 0 bridgehead atoms. The Morgan fingerprint density at radius 3 is 2.93 bits per heavy atom. The number of anilines is 1. The van der Waals surface area contributed by atoms with E-state index in [1.54, 1.807) is 6.07 Å². The first-order valence-electron chi connectivity index (χ1n) is 9.97. The standard InChI is InChI=1S/C20H26N4O4S/c1-14-11-18(24-6-9-26-10-7-24)23-20(22-14)29-13-16-4-5-17(28-16)19(25)21-12-15-3-2-8-27-15/h4-5,11,15H,2-3,6-10,12-13H2,1H3,(H,21,25)/t15-/m0/s1. The first kappa shape index (κ1) is 20.2. The fraction of sp³-hybridized carbons (Fsp3) is 0.550.